The van der Waals surface area contributed by atoms with E-state index < -0.39 is 22.7 Å². The molecule has 2 aromatic rings. The molecule has 40 heavy (non-hydrogen) atoms. The van der Waals surface area contributed by atoms with Gasteiger partial charge in [0.15, 0.2) is 23.1 Å². The number of benzene rings is 1. The van der Waals surface area contributed by atoms with E-state index in [4.69, 9.17) is 14.2 Å². The SMILES string of the molecule is C=NN(/C=C(\C)c1cc2c(cn1)CN(c1c(F)c(OC)cc(OC)c1F)C(=O)C21CC1)CCN1CCC(OC)C1. The molecule has 0 radical (unpaired) electrons. The van der Waals surface area contributed by atoms with Crippen molar-refractivity contribution in [3.63, 3.8) is 0 Å². The van der Waals surface area contributed by atoms with Gasteiger partial charge in [0.25, 0.3) is 0 Å². The lowest BCUT2D eigenvalue weighted by molar-refractivity contribution is -0.121. The van der Waals surface area contributed by atoms with Gasteiger partial charge < -0.3 is 19.1 Å². The molecule has 0 bridgehead atoms. The van der Waals surface area contributed by atoms with E-state index in [9.17, 15) is 4.79 Å². The van der Waals surface area contributed by atoms with Crippen molar-refractivity contribution in [3.05, 3.63) is 53.0 Å². The fraction of sp³-hybridized carbons (Fsp3) is 0.483. The van der Waals surface area contributed by atoms with E-state index in [2.05, 4.69) is 21.7 Å². The second-order valence-corrected chi connectivity index (χ2v) is 10.5. The molecule has 1 saturated carbocycles. The first-order valence-electron chi connectivity index (χ1n) is 13.3. The molecule has 1 unspecified atom stereocenters. The standard InChI is InChI=1S/C29H35F2N5O4/c1-18(15-35(32-2)11-10-34-9-6-20(17-34)38-3)22-12-21-19(14-33-22)16-36(28(37)29(21)7-8-29)27-25(30)23(39-4)13-24(40-5)26(27)31/h12-15,20H,2,6-11,16-17H2,1,3-5H3/b18-15+. The summed E-state index contributed by atoms with van der Waals surface area (Å²) >= 11 is 0. The van der Waals surface area contributed by atoms with E-state index in [1.54, 1.807) is 18.3 Å². The highest BCUT2D eigenvalue weighted by Crippen LogP contribution is 2.55. The average molecular weight is 556 g/mol. The van der Waals surface area contributed by atoms with Gasteiger partial charge in [0, 0.05) is 51.9 Å². The number of hydrogen-bond acceptors (Lipinski definition) is 8. The van der Waals surface area contributed by atoms with Crippen molar-refractivity contribution in [1.82, 2.24) is 14.9 Å². The molecule has 214 valence electrons. The van der Waals surface area contributed by atoms with E-state index in [-0.39, 0.29) is 30.1 Å². The van der Waals surface area contributed by atoms with Crippen LogP contribution >= 0.6 is 0 Å². The lowest BCUT2D eigenvalue weighted by atomic mass is 9.86. The van der Waals surface area contributed by atoms with E-state index in [0.29, 0.717) is 25.1 Å². The van der Waals surface area contributed by atoms with Gasteiger partial charge in [-0.15, -0.1) is 0 Å². The molecule has 1 saturated heterocycles. The Morgan fingerprint density at radius 1 is 1.23 bits per heavy atom. The molecule has 11 heteroatoms. The summed E-state index contributed by atoms with van der Waals surface area (Å²) in [4.78, 5) is 21.9. The van der Waals surface area contributed by atoms with Crippen LogP contribution in [0.25, 0.3) is 5.57 Å². The molecule has 1 aromatic heterocycles. The number of aromatic nitrogens is 1. The number of rotatable bonds is 10. The van der Waals surface area contributed by atoms with E-state index in [1.807, 2.05) is 19.2 Å². The molecule has 1 aliphatic carbocycles. The van der Waals surface area contributed by atoms with Crippen molar-refractivity contribution in [1.29, 1.82) is 0 Å². The number of methoxy groups -OCH3 is 3. The molecular weight excluding hydrogens is 520 g/mol. The summed E-state index contributed by atoms with van der Waals surface area (Å²) in [6.45, 7) is 9.02. The van der Waals surface area contributed by atoms with Crippen LogP contribution in [-0.4, -0.2) is 81.1 Å². The van der Waals surface area contributed by atoms with Crippen LogP contribution in [0.1, 0.15) is 43.0 Å². The first-order valence-corrected chi connectivity index (χ1v) is 13.3. The smallest absolute Gasteiger partial charge is 0.238 e. The van der Waals surface area contributed by atoms with Crippen molar-refractivity contribution in [2.45, 2.75) is 44.2 Å². The number of allylic oxidation sites excluding steroid dienone is 1. The third kappa shape index (κ3) is 4.92. The number of hydrazone groups is 1. The quantitative estimate of drug-likeness (QED) is 0.325. The molecule has 1 aromatic carbocycles. The number of amides is 1. The number of pyridine rings is 1. The summed E-state index contributed by atoms with van der Waals surface area (Å²) < 4.78 is 46.2. The minimum atomic E-state index is -0.944. The zero-order valence-corrected chi connectivity index (χ0v) is 23.4. The Bertz CT molecular complexity index is 1320. The predicted molar refractivity (Wildman–Crippen MR) is 148 cm³/mol. The van der Waals surface area contributed by atoms with Crippen molar-refractivity contribution in [2.75, 3.05) is 52.4 Å². The Morgan fingerprint density at radius 3 is 2.50 bits per heavy atom. The van der Waals surface area contributed by atoms with Gasteiger partial charge in [-0.05, 0) is 49.0 Å². The van der Waals surface area contributed by atoms with Crippen LogP contribution in [0.2, 0.25) is 0 Å². The Balaban J connectivity index is 1.40. The molecule has 3 heterocycles. The van der Waals surface area contributed by atoms with Gasteiger partial charge in [-0.2, -0.15) is 5.10 Å². The molecule has 0 N–H and O–H groups in total. The Labute approximate surface area is 233 Å². The maximum atomic E-state index is 15.3. The second kappa shape index (κ2) is 11.1. The third-order valence-corrected chi connectivity index (χ3v) is 8.19. The maximum Gasteiger partial charge on any atom is 0.238 e. The molecule has 1 amide bonds. The molecule has 1 spiro atoms. The Hall–Kier alpha value is -3.57. The number of likely N-dealkylation sites (tertiary alicyclic amines) is 1. The summed E-state index contributed by atoms with van der Waals surface area (Å²) in [7, 11) is 4.30. The normalized spacial score (nSPS) is 20.1. The molecular formula is C29H35F2N5O4. The number of hydrogen-bond donors (Lipinski definition) is 0. The summed E-state index contributed by atoms with van der Waals surface area (Å²) in [6.07, 6.45) is 6.06. The number of nitrogens with zero attached hydrogens (tertiary/aromatic N) is 5. The number of fused-ring (bicyclic) bond motifs is 2. The molecule has 5 rings (SSSR count). The second-order valence-electron chi connectivity index (χ2n) is 10.5. The summed E-state index contributed by atoms with van der Waals surface area (Å²) in [5, 5.41) is 5.94. The minimum absolute atomic E-state index is 0.0191. The highest BCUT2D eigenvalue weighted by molar-refractivity contribution is 6.05. The average Bonchev–Trinajstić information content (AvgIpc) is 3.63. The van der Waals surface area contributed by atoms with Gasteiger partial charge >= 0.3 is 0 Å². The third-order valence-electron chi connectivity index (χ3n) is 8.19. The summed E-state index contributed by atoms with van der Waals surface area (Å²) in [5.74, 6) is -2.63. The van der Waals surface area contributed by atoms with Crippen molar-refractivity contribution < 1.29 is 27.8 Å². The fourth-order valence-corrected chi connectivity index (χ4v) is 5.69. The zero-order valence-electron chi connectivity index (χ0n) is 23.4. The predicted octanol–water partition coefficient (Wildman–Crippen LogP) is 3.95. The topological polar surface area (TPSA) is 79.7 Å². The first kappa shape index (κ1) is 28.0. The Morgan fingerprint density at radius 2 is 1.93 bits per heavy atom. The molecule has 3 aliphatic rings. The fourth-order valence-electron chi connectivity index (χ4n) is 5.69. The van der Waals surface area contributed by atoms with E-state index in [0.717, 1.165) is 53.7 Å². The van der Waals surface area contributed by atoms with E-state index >= 15 is 8.78 Å². The zero-order chi connectivity index (χ0) is 28.6. The highest BCUT2D eigenvalue weighted by atomic mass is 19.1. The van der Waals surface area contributed by atoms with Gasteiger partial charge in [0.1, 0.15) is 5.69 Å². The monoisotopic (exact) mass is 555 g/mol. The summed E-state index contributed by atoms with van der Waals surface area (Å²) in [5.41, 5.74) is 1.86. The van der Waals surface area contributed by atoms with Gasteiger partial charge in [-0.3, -0.25) is 19.7 Å². The van der Waals surface area contributed by atoms with Gasteiger partial charge in [0.05, 0.1) is 44.5 Å². The van der Waals surface area contributed by atoms with Crippen LogP contribution in [0.5, 0.6) is 11.5 Å². The largest absolute Gasteiger partial charge is 0.493 e. The van der Waals surface area contributed by atoms with Crippen LogP contribution in [0.3, 0.4) is 0 Å². The van der Waals surface area contributed by atoms with Gasteiger partial charge in [0.2, 0.25) is 5.91 Å². The number of ether oxygens (including phenoxy) is 3. The van der Waals surface area contributed by atoms with Crippen LogP contribution in [0.4, 0.5) is 14.5 Å². The highest BCUT2D eigenvalue weighted by Gasteiger charge is 2.57. The van der Waals surface area contributed by atoms with Crippen molar-refractivity contribution >= 4 is 23.9 Å². The van der Waals surface area contributed by atoms with Crippen molar-refractivity contribution in [3.8, 4) is 11.5 Å². The number of halogens is 2. The van der Waals surface area contributed by atoms with Crippen molar-refractivity contribution in [2.24, 2.45) is 5.10 Å². The van der Waals surface area contributed by atoms with Gasteiger partial charge in [-0.25, -0.2) is 8.78 Å². The minimum Gasteiger partial charge on any atom is -0.493 e. The number of anilines is 1. The van der Waals surface area contributed by atoms with E-state index in [1.165, 1.54) is 14.2 Å². The lowest BCUT2D eigenvalue weighted by Crippen LogP contribution is -2.45. The lowest BCUT2D eigenvalue weighted by Gasteiger charge is -2.35. The van der Waals surface area contributed by atoms with Crippen LogP contribution in [0, 0.1) is 11.6 Å². The molecule has 9 nitrogen and oxygen atoms in total. The Kier molecular flexibility index (Phi) is 7.78. The molecule has 2 fully saturated rings. The van der Waals surface area contributed by atoms with Gasteiger partial charge in [-0.1, -0.05) is 0 Å². The van der Waals surface area contributed by atoms with Crippen LogP contribution in [0.15, 0.2) is 29.6 Å². The van der Waals surface area contributed by atoms with Crippen LogP contribution < -0.4 is 14.4 Å². The molecule has 1 atom stereocenters. The molecule has 2 aliphatic heterocycles. The first-order chi connectivity index (χ1) is 19.3. The van der Waals surface area contributed by atoms with Crippen LogP contribution in [-0.2, 0) is 21.5 Å². The number of carbonyl (C=O) groups excluding carboxylic acids is 1. The maximum absolute atomic E-state index is 15.3. The number of carbonyl (C=O) groups is 1. The summed E-state index contributed by atoms with van der Waals surface area (Å²) in [6, 6.07) is 3.06.